The molecule has 4 amide bonds. The molecule has 7 nitrogen and oxygen atoms in total. The third-order valence-electron chi connectivity index (χ3n) is 5.16. The van der Waals surface area contributed by atoms with Crippen molar-refractivity contribution in [2.75, 3.05) is 30.0 Å². The Morgan fingerprint density at radius 3 is 2.48 bits per heavy atom. The molecule has 1 saturated heterocycles. The van der Waals surface area contributed by atoms with Gasteiger partial charge in [0.05, 0.1) is 10.7 Å². The van der Waals surface area contributed by atoms with Crippen LogP contribution < -0.4 is 10.2 Å². The van der Waals surface area contributed by atoms with Gasteiger partial charge in [0.1, 0.15) is 25.6 Å². The number of nitrogens with one attached hydrogen (secondary N) is 1. The van der Waals surface area contributed by atoms with Crippen molar-refractivity contribution in [3.8, 4) is 0 Å². The first kappa shape index (κ1) is 21.4. The minimum atomic E-state index is -0.444. The molecule has 2 fully saturated rings. The van der Waals surface area contributed by atoms with Gasteiger partial charge >= 0.3 is 6.03 Å². The number of amides is 4. The van der Waals surface area contributed by atoms with Crippen molar-refractivity contribution in [2.24, 2.45) is 0 Å². The summed E-state index contributed by atoms with van der Waals surface area (Å²) in [6.45, 7) is -0.210. The molecule has 162 valence electrons. The SMILES string of the molecule is O=C(CN(C(=O)Nc1ccc(Cl)cc1Cl)C1CC1)N1CC(=O)N(c2ccc(F)cc2)C1. The summed E-state index contributed by atoms with van der Waals surface area (Å²) in [4.78, 5) is 42.3. The highest BCUT2D eigenvalue weighted by Crippen LogP contribution is 2.30. The fraction of sp³-hybridized carbons (Fsp3) is 0.286. The van der Waals surface area contributed by atoms with Gasteiger partial charge in [0.2, 0.25) is 11.8 Å². The number of hydrogen-bond acceptors (Lipinski definition) is 3. The van der Waals surface area contributed by atoms with Gasteiger partial charge in [-0.1, -0.05) is 23.2 Å². The van der Waals surface area contributed by atoms with E-state index < -0.39 is 11.8 Å². The van der Waals surface area contributed by atoms with Crippen LogP contribution in [0.4, 0.5) is 20.6 Å². The van der Waals surface area contributed by atoms with E-state index in [0.29, 0.717) is 21.4 Å². The Kier molecular flexibility index (Phi) is 6.02. The minimum absolute atomic E-state index is 0.0402. The molecule has 2 aromatic carbocycles. The van der Waals surface area contributed by atoms with Gasteiger partial charge in [-0.15, -0.1) is 0 Å². The first-order valence-electron chi connectivity index (χ1n) is 9.68. The zero-order valence-electron chi connectivity index (χ0n) is 16.4. The van der Waals surface area contributed by atoms with Crippen molar-refractivity contribution in [1.82, 2.24) is 9.80 Å². The van der Waals surface area contributed by atoms with Gasteiger partial charge in [-0.05, 0) is 55.3 Å². The molecular weight excluding hydrogens is 446 g/mol. The highest BCUT2D eigenvalue weighted by Gasteiger charge is 2.37. The van der Waals surface area contributed by atoms with Gasteiger partial charge in [-0.3, -0.25) is 14.5 Å². The molecule has 2 aromatic rings. The van der Waals surface area contributed by atoms with Crippen LogP contribution in [0.5, 0.6) is 0 Å². The summed E-state index contributed by atoms with van der Waals surface area (Å²) >= 11 is 12.0. The third kappa shape index (κ3) is 4.91. The standard InChI is InChI=1S/C21H19Cl2FN4O3/c22-13-1-8-18(17(23)9-13)25-21(31)27(15-6-7-15)11-19(29)26-10-20(30)28(12-26)16-4-2-14(24)3-5-16/h1-5,8-9,15H,6-7,10-12H2,(H,25,31). The second-order valence-corrected chi connectivity index (χ2v) is 8.29. The molecule has 1 heterocycles. The number of hydrogen-bond donors (Lipinski definition) is 1. The summed E-state index contributed by atoms with van der Waals surface area (Å²) in [6.07, 6.45) is 1.60. The summed E-state index contributed by atoms with van der Waals surface area (Å²) in [5.41, 5.74) is 0.906. The van der Waals surface area contributed by atoms with E-state index in [9.17, 15) is 18.8 Å². The average molecular weight is 465 g/mol. The molecule has 1 aliphatic heterocycles. The monoisotopic (exact) mass is 464 g/mol. The number of carbonyl (C=O) groups is 3. The number of urea groups is 1. The molecule has 31 heavy (non-hydrogen) atoms. The lowest BCUT2D eigenvalue weighted by Crippen LogP contribution is -2.45. The molecule has 1 saturated carbocycles. The number of rotatable bonds is 5. The summed E-state index contributed by atoms with van der Waals surface area (Å²) in [6, 6.07) is 9.72. The average Bonchev–Trinajstić information content (AvgIpc) is 3.50. The molecule has 10 heteroatoms. The summed E-state index contributed by atoms with van der Waals surface area (Å²) < 4.78 is 13.2. The molecule has 4 rings (SSSR count). The summed E-state index contributed by atoms with van der Waals surface area (Å²) in [5.74, 6) is -1.02. The number of nitrogens with zero attached hydrogens (tertiary/aromatic N) is 3. The largest absolute Gasteiger partial charge is 0.322 e. The highest BCUT2D eigenvalue weighted by atomic mass is 35.5. The smallest absolute Gasteiger partial charge is 0.314 e. The van der Waals surface area contributed by atoms with Crippen molar-refractivity contribution in [3.05, 3.63) is 58.3 Å². The van der Waals surface area contributed by atoms with Crippen LogP contribution in [0.1, 0.15) is 12.8 Å². The second kappa shape index (κ2) is 8.72. The first-order chi connectivity index (χ1) is 14.8. The van der Waals surface area contributed by atoms with Crippen molar-refractivity contribution >= 4 is 52.4 Å². The van der Waals surface area contributed by atoms with Crippen LogP contribution >= 0.6 is 23.2 Å². The van der Waals surface area contributed by atoms with E-state index in [4.69, 9.17) is 23.2 Å². The molecule has 0 aromatic heterocycles. The van der Waals surface area contributed by atoms with Crippen molar-refractivity contribution in [1.29, 1.82) is 0 Å². The lowest BCUT2D eigenvalue weighted by atomic mass is 10.3. The van der Waals surface area contributed by atoms with Gasteiger partial charge in [0.25, 0.3) is 0 Å². The molecule has 0 bridgehead atoms. The van der Waals surface area contributed by atoms with Crippen LogP contribution in [-0.4, -0.2) is 53.4 Å². The molecule has 0 unspecified atom stereocenters. The van der Waals surface area contributed by atoms with Crippen LogP contribution in [0.2, 0.25) is 10.0 Å². The molecule has 1 aliphatic carbocycles. The summed E-state index contributed by atoms with van der Waals surface area (Å²) in [7, 11) is 0. The Morgan fingerprint density at radius 2 is 1.84 bits per heavy atom. The predicted molar refractivity (Wildman–Crippen MR) is 116 cm³/mol. The lowest BCUT2D eigenvalue weighted by molar-refractivity contribution is -0.132. The molecule has 1 N–H and O–H groups in total. The van der Waals surface area contributed by atoms with Gasteiger partial charge < -0.3 is 15.1 Å². The lowest BCUT2D eigenvalue weighted by Gasteiger charge is -2.25. The van der Waals surface area contributed by atoms with E-state index in [1.54, 1.807) is 12.1 Å². The third-order valence-corrected chi connectivity index (χ3v) is 5.70. The maximum atomic E-state index is 13.2. The Morgan fingerprint density at radius 1 is 1.13 bits per heavy atom. The Hall–Kier alpha value is -2.84. The number of benzene rings is 2. The molecule has 0 atom stereocenters. The van der Waals surface area contributed by atoms with E-state index in [-0.39, 0.29) is 37.6 Å². The fourth-order valence-corrected chi connectivity index (χ4v) is 3.79. The fourth-order valence-electron chi connectivity index (χ4n) is 3.34. The Balaban J connectivity index is 1.41. The van der Waals surface area contributed by atoms with E-state index in [1.807, 2.05) is 0 Å². The summed E-state index contributed by atoms with van der Waals surface area (Å²) in [5, 5.41) is 3.46. The van der Waals surface area contributed by atoms with Crippen molar-refractivity contribution in [2.45, 2.75) is 18.9 Å². The minimum Gasteiger partial charge on any atom is -0.314 e. The zero-order chi connectivity index (χ0) is 22.1. The van der Waals surface area contributed by atoms with Gasteiger partial charge in [0, 0.05) is 16.8 Å². The Bertz CT molecular complexity index is 1030. The highest BCUT2D eigenvalue weighted by molar-refractivity contribution is 6.36. The van der Waals surface area contributed by atoms with Crippen LogP contribution in [0.3, 0.4) is 0 Å². The predicted octanol–water partition coefficient (Wildman–Crippen LogP) is 3.96. The number of halogens is 3. The van der Waals surface area contributed by atoms with Gasteiger partial charge in [-0.2, -0.15) is 0 Å². The van der Waals surface area contributed by atoms with Crippen molar-refractivity contribution in [3.63, 3.8) is 0 Å². The number of anilines is 2. The maximum absolute atomic E-state index is 13.2. The van der Waals surface area contributed by atoms with E-state index in [1.165, 1.54) is 45.0 Å². The van der Waals surface area contributed by atoms with E-state index >= 15 is 0 Å². The Labute approximate surface area is 188 Å². The maximum Gasteiger partial charge on any atom is 0.322 e. The quantitative estimate of drug-likeness (QED) is 0.727. The first-order valence-corrected chi connectivity index (χ1v) is 10.4. The van der Waals surface area contributed by atoms with E-state index in [0.717, 1.165) is 12.8 Å². The second-order valence-electron chi connectivity index (χ2n) is 7.44. The van der Waals surface area contributed by atoms with Crippen LogP contribution in [0.25, 0.3) is 0 Å². The van der Waals surface area contributed by atoms with Crippen molar-refractivity contribution < 1.29 is 18.8 Å². The van der Waals surface area contributed by atoms with Crippen LogP contribution in [-0.2, 0) is 9.59 Å². The van der Waals surface area contributed by atoms with Gasteiger partial charge in [-0.25, -0.2) is 9.18 Å². The normalized spacial score (nSPS) is 15.9. The zero-order valence-corrected chi connectivity index (χ0v) is 17.9. The topological polar surface area (TPSA) is 73.0 Å². The molecular formula is C21H19Cl2FN4O3. The van der Waals surface area contributed by atoms with Crippen LogP contribution in [0.15, 0.2) is 42.5 Å². The molecule has 0 radical (unpaired) electrons. The van der Waals surface area contributed by atoms with E-state index in [2.05, 4.69) is 5.32 Å². The number of carbonyl (C=O) groups excluding carboxylic acids is 3. The van der Waals surface area contributed by atoms with Gasteiger partial charge in [0.15, 0.2) is 0 Å². The van der Waals surface area contributed by atoms with Crippen LogP contribution in [0, 0.1) is 5.82 Å². The molecule has 2 aliphatic rings. The molecule has 0 spiro atoms.